The Labute approximate surface area is 168 Å². The summed E-state index contributed by atoms with van der Waals surface area (Å²) in [5.41, 5.74) is 0.201. The summed E-state index contributed by atoms with van der Waals surface area (Å²) in [4.78, 5) is 30.1. The van der Waals surface area contributed by atoms with Crippen molar-refractivity contribution in [2.45, 2.75) is 10.9 Å². The Morgan fingerprint density at radius 2 is 1.76 bits per heavy atom. The van der Waals surface area contributed by atoms with E-state index in [1.54, 1.807) is 30.3 Å². The highest BCUT2D eigenvalue weighted by Crippen LogP contribution is 2.28. The van der Waals surface area contributed by atoms with Crippen molar-refractivity contribution in [1.82, 2.24) is 9.80 Å². The molecule has 2 heterocycles. The van der Waals surface area contributed by atoms with Gasteiger partial charge in [0.25, 0.3) is 5.91 Å². The molecule has 3 amide bonds. The summed E-state index contributed by atoms with van der Waals surface area (Å²) in [7, 11) is -3.42. The topological polar surface area (TPSA) is 78.0 Å². The van der Waals surface area contributed by atoms with Crippen molar-refractivity contribution < 1.29 is 22.4 Å². The van der Waals surface area contributed by atoms with Crippen molar-refractivity contribution in [2.24, 2.45) is 0 Å². The van der Waals surface area contributed by atoms with E-state index in [0.29, 0.717) is 13.1 Å². The van der Waals surface area contributed by atoms with E-state index < -0.39 is 33.6 Å². The highest BCUT2D eigenvalue weighted by Gasteiger charge is 2.48. The summed E-state index contributed by atoms with van der Waals surface area (Å²) in [6, 6.07) is 12.4. The molecule has 2 saturated heterocycles. The molecule has 1 atom stereocenters. The van der Waals surface area contributed by atoms with Crippen molar-refractivity contribution in [3.05, 3.63) is 60.4 Å². The van der Waals surface area contributed by atoms with Gasteiger partial charge in [0.15, 0.2) is 9.84 Å². The summed E-state index contributed by atoms with van der Waals surface area (Å²) in [5, 5.41) is 0. The quantitative estimate of drug-likeness (QED) is 0.693. The number of carbonyl (C=O) groups excluding carboxylic acids is 2. The fourth-order valence-corrected chi connectivity index (χ4v) is 5.01. The van der Waals surface area contributed by atoms with Crippen LogP contribution in [0.1, 0.15) is 0 Å². The Balaban J connectivity index is 1.45. The highest BCUT2D eigenvalue weighted by molar-refractivity contribution is 7.91. The first kappa shape index (κ1) is 19.5. The third kappa shape index (κ3) is 3.75. The van der Waals surface area contributed by atoms with Crippen molar-refractivity contribution in [2.75, 3.05) is 36.8 Å². The lowest BCUT2D eigenvalue weighted by molar-refractivity contribution is -0.121. The van der Waals surface area contributed by atoms with Crippen LogP contribution in [0.25, 0.3) is 0 Å². The fraction of sp³-hybridized carbons (Fsp3) is 0.300. The van der Waals surface area contributed by atoms with Crippen LogP contribution in [-0.4, -0.2) is 68.1 Å². The molecule has 1 unspecified atom stereocenters. The van der Waals surface area contributed by atoms with Gasteiger partial charge in [-0.25, -0.2) is 22.5 Å². The summed E-state index contributed by atoms with van der Waals surface area (Å²) in [5.74, 6) is -1.02. The average Bonchev–Trinajstić information content (AvgIpc) is 2.97. The number of anilines is 1. The van der Waals surface area contributed by atoms with Crippen LogP contribution >= 0.6 is 0 Å². The molecular formula is C20H20FN3O4S. The Bertz CT molecular complexity index is 1040. The molecule has 0 N–H and O–H groups in total. The zero-order valence-corrected chi connectivity index (χ0v) is 16.4. The predicted octanol–water partition coefficient (Wildman–Crippen LogP) is 1.75. The first-order valence-electron chi connectivity index (χ1n) is 9.27. The van der Waals surface area contributed by atoms with Gasteiger partial charge in [-0.05, 0) is 30.3 Å². The first-order valence-corrected chi connectivity index (χ1v) is 10.9. The van der Waals surface area contributed by atoms with Gasteiger partial charge in [0.2, 0.25) is 0 Å². The number of halogens is 1. The number of hydrogen-bond acceptors (Lipinski definition) is 5. The molecule has 0 aliphatic carbocycles. The second-order valence-electron chi connectivity index (χ2n) is 7.08. The van der Waals surface area contributed by atoms with Gasteiger partial charge >= 0.3 is 6.03 Å². The second-order valence-corrected chi connectivity index (χ2v) is 9.19. The number of fused-ring (bicyclic) bond motifs is 1. The van der Waals surface area contributed by atoms with Gasteiger partial charge in [-0.1, -0.05) is 24.3 Å². The lowest BCUT2D eigenvalue weighted by Crippen LogP contribution is -2.53. The normalized spacial score (nSPS) is 20.2. The van der Waals surface area contributed by atoms with E-state index in [4.69, 9.17) is 0 Å². The molecule has 152 valence electrons. The number of piperazine rings is 1. The van der Waals surface area contributed by atoms with Gasteiger partial charge in [-0.2, -0.15) is 0 Å². The molecule has 0 radical (unpaired) electrons. The van der Waals surface area contributed by atoms with Crippen LogP contribution in [0.3, 0.4) is 0 Å². The molecule has 2 fully saturated rings. The zero-order chi connectivity index (χ0) is 20.6. The lowest BCUT2D eigenvalue weighted by Gasteiger charge is -2.35. The van der Waals surface area contributed by atoms with E-state index in [9.17, 15) is 22.4 Å². The molecule has 2 aliphatic rings. The summed E-state index contributed by atoms with van der Waals surface area (Å²) >= 11 is 0. The monoisotopic (exact) mass is 417 g/mol. The van der Waals surface area contributed by atoms with Gasteiger partial charge in [-0.15, -0.1) is 0 Å². The first-order chi connectivity index (χ1) is 13.9. The number of nitrogens with zero attached hydrogens (tertiary/aromatic N) is 3. The van der Waals surface area contributed by atoms with Crippen molar-refractivity contribution >= 4 is 27.5 Å². The van der Waals surface area contributed by atoms with E-state index in [2.05, 4.69) is 0 Å². The van der Waals surface area contributed by atoms with E-state index >= 15 is 0 Å². The number of amides is 3. The molecular weight excluding hydrogens is 397 g/mol. The van der Waals surface area contributed by atoms with Crippen LogP contribution in [0, 0.1) is 5.82 Å². The SMILES string of the molecule is O=C1C2CN(CCS(=O)(=O)c3ccccc3)CCN2C(=O)N1c1cccc(F)c1. The Hall–Kier alpha value is -2.78. The Morgan fingerprint density at radius 1 is 1.00 bits per heavy atom. The molecule has 2 aromatic rings. The van der Waals surface area contributed by atoms with Crippen LogP contribution in [0.4, 0.5) is 14.9 Å². The number of sulfone groups is 1. The van der Waals surface area contributed by atoms with E-state index in [0.717, 1.165) is 11.0 Å². The maximum Gasteiger partial charge on any atom is 0.332 e. The van der Waals surface area contributed by atoms with Gasteiger partial charge in [0, 0.05) is 26.2 Å². The van der Waals surface area contributed by atoms with Crippen LogP contribution < -0.4 is 4.90 Å². The number of carbonyl (C=O) groups is 2. The summed E-state index contributed by atoms with van der Waals surface area (Å²) in [6.45, 7) is 1.30. The largest absolute Gasteiger partial charge is 0.332 e. The van der Waals surface area contributed by atoms with E-state index in [1.807, 2.05) is 4.90 Å². The highest BCUT2D eigenvalue weighted by atomic mass is 32.2. The smallest absolute Gasteiger partial charge is 0.309 e. The molecule has 2 aromatic carbocycles. The third-order valence-electron chi connectivity index (χ3n) is 5.25. The number of benzene rings is 2. The molecule has 9 heteroatoms. The van der Waals surface area contributed by atoms with E-state index in [-0.39, 0.29) is 29.4 Å². The molecule has 0 bridgehead atoms. The van der Waals surface area contributed by atoms with Gasteiger partial charge in [0.1, 0.15) is 11.9 Å². The average molecular weight is 417 g/mol. The molecule has 7 nitrogen and oxygen atoms in total. The lowest BCUT2D eigenvalue weighted by atomic mass is 10.2. The summed E-state index contributed by atoms with van der Waals surface area (Å²) < 4.78 is 38.5. The van der Waals surface area contributed by atoms with Crippen molar-refractivity contribution in [1.29, 1.82) is 0 Å². The van der Waals surface area contributed by atoms with Crippen molar-refractivity contribution in [3.8, 4) is 0 Å². The molecule has 29 heavy (non-hydrogen) atoms. The van der Waals surface area contributed by atoms with Gasteiger partial charge < -0.3 is 4.90 Å². The van der Waals surface area contributed by atoms with Gasteiger partial charge in [-0.3, -0.25) is 9.69 Å². The fourth-order valence-electron chi connectivity index (χ4n) is 3.70. The predicted molar refractivity (Wildman–Crippen MR) is 105 cm³/mol. The standard InChI is InChI=1S/C20H20FN3O4S/c21-15-5-4-6-16(13-15)24-19(25)18-14-22(9-10-23(18)20(24)26)11-12-29(27,28)17-7-2-1-3-8-17/h1-8,13,18H,9-12,14H2. The Kier molecular flexibility index (Phi) is 5.10. The number of hydrogen-bond donors (Lipinski definition) is 0. The number of urea groups is 1. The molecule has 2 aliphatic heterocycles. The minimum atomic E-state index is -3.42. The second kappa shape index (κ2) is 7.57. The van der Waals surface area contributed by atoms with Gasteiger partial charge in [0.05, 0.1) is 16.3 Å². The maximum absolute atomic E-state index is 13.5. The van der Waals surface area contributed by atoms with Crippen LogP contribution in [0.5, 0.6) is 0 Å². The molecule has 0 saturated carbocycles. The van der Waals surface area contributed by atoms with Crippen LogP contribution in [-0.2, 0) is 14.6 Å². The maximum atomic E-state index is 13.5. The third-order valence-corrected chi connectivity index (χ3v) is 6.96. The summed E-state index contributed by atoms with van der Waals surface area (Å²) in [6.07, 6.45) is 0. The number of rotatable bonds is 5. The Morgan fingerprint density at radius 3 is 2.48 bits per heavy atom. The minimum absolute atomic E-state index is 0.0700. The van der Waals surface area contributed by atoms with Crippen LogP contribution in [0.15, 0.2) is 59.5 Å². The molecule has 4 rings (SSSR count). The molecule has 0 spiro atoms. The number of imide groups is 1. The van der Waals surface area contributed by atoms with Crippen molar-refractivity contribution in [3.63, 3.8) is 0 Å². The zero-order valence-electron chi connectivity index (χ0n) is 15.6. The minimum Gasteiger partial charge on any atom is -0.309 e. The molecule has 0 aromatic heterocycles. The van der Waals surface area contributed by atoms with E-state index in [1.165, 1.54) is 23.1 Å². The van der Waals surface area contributed by atoms with Crippen LogP contribution in [0.2, 0.25) is 0 Å².